The van der Waals surface area contributed by atoms with Gasteiger partial charge in [0.2, 0.25) is 0 Å². The van der Waals surface area contributed by atoms with Crippen LogP contribution in [0.15, 0.2) is 23.1 Å². The molecule has 12 heteroatoms. The van der Waals surface area contributed by atoms with E-state index in [0.717, 1.165) is 28.8 Å². The fourth-order valence-electron chi connectivity index (χ4n) is 2.30. The fourth-order valence-corrected chi connectivity index (χ4v) is 3.66. The Hall–Kier alpha value is -2.99. The van der Waals surface area contributed by atoms with Crippen LogP contribution in [0.5, 0.6) is 5.75 Å². The largest absolute Gasteiger partial charge is 0.502 e. The molecule has 1 aliphatic rings. The van der Waals surface area contributed by atoms with Gasteiger partial charge in [-0.3, -0.25) is 24.6 Å². The number of rotatable bonds is 7. The maximum Gasteiger partial charge on any atom is 0.326 e. The van der Waals surface area contributed by atoms with Gasteiger partial charge in [-0.2, -0.15) is 0 Å². The van der Waals surface area contributed by atoms with Crippen molar-refractivity contribution in [1.29, 1.82) is 0 Å². The minimum absolute atomic E-state index is 0.0292. The summed E-state index contributed by atoms with van der Waals surface area (Å²) >= 11 is 5.84. The zero-order chi connectivity index (χ0) is 20.3. The Bertz CT molecular complexity index is 883. The van der Waals surface area contributed by atoms with Gasteiger partial charge in [-0.05, 0) is 24.1 Å². The number of hydrogen-bond donors (Lipinski definition) is 3. The van der Waals surface area contributed by atoms with E-state index >= 15 is 0 Å². The quantitative estimate of drug-likeness (QED) is 0.261. The summed E-state index contributed by atoms with van der Waals surface area (Å²) in [6.07, 6.45) is 0.494. The zero-order valence-corrected chi connectivity index (χ0v) is 15.0. The minimum atomic E-state index is -1.44. The average molecular weight is 412 g/mol. The summed E-state index contributed by atoms with van der Waals surface area (Å²) in [5.74, 6) is -3.88. The number of aliphatic carboxylic acids is 2. The van der Waals surface area contributed by atoms with E-state index in [4.69, 9.17) is 17.3 Å². The molecule has 1 saturated heterocycles. The fraction of sp³-hybridized carbons (Fsp3) is 0.200. The zero-order valence-electron chi connectivity index (χ0n) is 13.4. The molecule has 0 aliphatic carbocycles. The summed E-state index contributed by atoms with van der Waals surface area (Å²) in [5.41, 5.74) is -0.318. The first kappa shape index (κ1) is 20.3. The van der Waals surface area contributed by atoms with Gasteiger partial charge in [0.05, 0.1) is 9.83 Å². The SMILES string of the molecule is O=C(O)CCC(C(=O)O)N1C(=O)C(=Cc2ccc(O)c([N+](=O)[O-])c2)SC1=S. The third-order valence-electron chi connectivity index (χ3n) is 3.55. The lowest BCUT2D eigenvalue weighted by Gasteiger charge is -2.22. The van der Waals surface area contributed by atoms with Crippen LogP contribution in [-0.4, -0.2) is 53.4 Å². The van der Waals surface area contributed by atoms with E-state index in [1.54, 1.807) is 0 Å². The van der Waals surface area contributed by atoms with Crippen molar-refractivity contribution in [2.45, 2.75) is 18.9 Å². The third-order valence-corrected chi connectivity index (χ3v) is 4.88. The molecule has 0 saturated carbocycles. The van der Waals surface area contributed by atoms with E-state index in [1.807, 2.05) is 0 Å². The van der Waals surface area contributed by atoms with Crippen LogP contribution in [-0.2, 0) is 14.4 Å². The molecule has 0 aromatic heterocycles. The van der Waals surface area contributed by atoms with Crippen LogP contribution in [0.25, 0.3) is 6.08 Å². The summed E-state index contributed by atoms with van der Waals surface area (Å²) < 4.78 is -0.0580. The van der Waals surface area contributed by atoms with Gasteiger partial charge in [0.25, 0.3) is 5.91 Å². The van der Waals surface area contributed by atoms with Crippen LogP contribution in [0.3, 0.4) is 0 Å². The normalized spacial score (nSPS) is 16.6. The number of aromatic hydroxyl groups is 1. The van der Waals surface area contributed by atoms with Gasteiger partial charge < -0.3 is 15.3 Å². The topological polar surface area (TPSA) is 158 Å². The number of carbonyl (C=O) groups excluding carboxylic acids is 1. The lowest BCUT2D eigenvalue weighted by atomic mass is 10.1. The molecule has 1 fully saturated rings. The highest BCUT2D eigenvalue weighted by atomic mass is 32.2. The summed E-state index contributed by atoms with van der Waals surface area (Å²) in [6, 6.07) is 2.06. The van der Waals surface area contributed by atoms with Crippen LogP contribution in [0.2, 0.25) is 0 Å². The monoisotopic (exact) mass is 412 g/mol. The molecule has 0 bridgehead atoms. The molecule has 1 aromatic carbocycles. The van der Waals surface area contributed by atoms with E-state index in [-0.39, 0.29) is 21.2 Å². The molecular formula is C15H12N2O8S2. The first-order valence-corrected chi connectivity index (χ1v) is 8.53. The Morgan fingerprint density at radius 2 is 2.04 bits per heavy atom. The van der Waals surface area contributed by atoms with Crippen molar-refractivity contribution in [3.63, 3.8) is 0 Å². The highest BCUT2D eigenvalue weighted by Gasteiger charge is 2.40. The first-order chi connectivity index (χ1) is 12.6. The number of phenolic OH excluding ortho intramolecular Hbond substituents is 1. The number of nitro benzene ring substituents is 1. The minimum Gasteiger partial charge on any atom is -0.502 e. The van der Waals surface area contributed by atoms with Crippen LogP contribution < -0.4 is 0 Å². The molecule has 1 amide bonds. The van der Waals surface area contributed by atoms with Gasteiger partial charge in [-0.1, -0.05) is 30.0 Å². The number of benzene rings is 1. The van der Waals surface area contributed by atoms with Crippen molar-refractivity contribution >= 4 is 57.9 Å². The van der Waals surface area contributed by atoms with Crippen LogP contribution >= 0.6 is 24.0 Å². The van der Waals surface area contributed by atoms with Crippen LogP contribution in [0.4, 0.5) is 5.69 Å². The second kappa shape index (κ2) is 8.14. The van der Waals surface area contributed by atoms with Gasteiger partial charge in [-0.15, -0.1) is 0 Å². The lowest BCUT2D eigenvalue weighted by Crippen LogP contribution is -2.44. The van der Waals surface area contributed by atoms with Crippen molar-refractivity contribution in [1.82, 2.24) is 4.90 Å². The van der Waals surface area contributed by atoms with Gasteiger partial charge in [0, 0.05) is 12.5 Å². The van der Waals surface area contributed by atoms with Gasteiger partial charge in [0.15, 0.2) is 5.75 Å². The van der Waals surface area contributed by atoms with E-state index in [1.165, 1.54) is 12.1 Å². The molecule has 10 nitrogen and oxygen atoms in total. The predicted molar refractivity (Wildman–Crippen MR) is 98.1 cm³/mol. The lowest BCUT2D eigenvalue weighted by molar-refractivity contribution is -0.385. The Morgan fingerprint density at radius 1 is 1.37 bits per heavy atom. The summed E-state index contributed by atoms with van der Waals surface area (Å²) in [6.45, 7) is 0. The van der Waals surface area contributed by atoms with E-state index in [0.29, 0.717) is 0 Å². The Morgan fingerprint density at radius 3 is 2.59 bits per heavy atom. The second-order valence-electron chi connectivity index (χ2n) is 5.34. The highest BCUT2D eigenvalue weighted by Crippen LogP contribution is 2.36. The molecule has 1 unspecified atom stereocenters. The second-order valence-corrected chi connectivity index (χ2v) is 7.02. The van der Waals surface area contributed by atoms with Gasteiger partial charge >= 0.3 is 17.6 Å². The maximum atomic E-state index is 12.6. The summed E-state index contributed by atoms with van der Waals surface area (Å²) in [7, 11) is 0. The molecule has 1 aliphatic heterocycles. The average Bonchev–Trinajstić information content (AvgIpc) is 2.83. The Balaban J connectivity index is 2.33. The molecule has 1 atom stereocenters. The third kappa shape index (κ3) is 4.60. The standard InChI is InChI=1S/C15H12N2O8S2/c18-10-3-1-7(5-9(10)17(24)25)6-11-13(21)16(15(26)27-11)8(14(22)23)2-4-12(19)20/h1,3,5-6,8,18H,2,4H2,(H,19,20)(H,22,23). The number of thioether (sulfide) groups is 1. The number of thiocarbonyl (C=S) groups is 1. The van der Waals surface area contributed by atoms with Crippen molar-refractivity contribution in [3.8, 4) is 5.75 Å². The Labute approximate surface area is 161 Å². The molecule has 1 aromatic rings. The number of carbonyl (C=O) groups is 3. The number of carboxylic acid groups (broad SMARTS) is 2. The van der Waals surface area contributed by atoms with Crippen molar-refractivity contribution in [3.05, 3.63) is 38.8 Å². The smallest absolute Gasteiger partial charge is 0.326 e. The molecule has 142 valence electrons. The van der Waals surface area contributed by atoms with E-state index in [9.17, 15) is 34.7 Å². The van der Waals surface area contributed by atoms with E-state index < -0.39 is 46.7 Å². The number of hydrogen-bond acceptors (Lipinski definition) is 8. The Kier molecular flexibility index (Phi) is 6.13. The van der Waals surface area contributed by atoms with Gasteiger partial charge in [-0.25, -0.2) is 4.79 Å². The van der Waals surface area contributed by atoms with Crippen LogP contribution in [0, 0.1) is 10.1 Å². The summed E-state index contributed by atoms with van der Waals surface area (Å²) in [4.78, 5) is 45.6. The molecule has 0 spiro atoms. The molecule has 1 heterocycles. The molecule has 3 N–H and O–H groups in total. The van der Waals surface area contributed by atoms with Gasteiger partial charge in [0.1, 0.15) is 10.4 Å². The number of phenols is 1. The van der Waals surface area contributed by atoms with Crippen molar-refractivity contribution in [2.24, 2.45) is 0 Å². The summed E-state index contributed by atoms with van der Waals surface area (Å²) in [5, 5.41) is 38.4. The van der Waals surface area contributed by atoms with E-state index in [2.05, 4.69) is 0 Å². The van der Waals surface area contributed by atoms with Crippen LogP contribution in [0.1, 0.15) is 18.4 Å². The van der Waals surface area contributed by atoms with Crippen molar-refractivity contribution in [2.75, 3.05) is 0 Å². The predicted octanol–water partition coefficient (Wildman–Crippen LogP) is 1.82. The molecule has 27 heavy (non-hydrogen) atoms. The first-order valence-electron chi connectivity index (χ1n) is 7.31. The number of nitrogens with zero attached hydrogens (tertiary/aromatic N) is 2. The molecular weight excluding hydrogens is 400 g/mol. The molecule has 0 radical (unpaired) electrons. The van der Waals surface area contributed by atoms with Crippen molar-refractivity contribution < 1.29 is 34.6 Å². The molecule has 2 rings (SSSR count). The highest BCUT2D eigenvalue weighted by molar-refractivity contribution is 8.26. The number of amides is 1. The maximum absolute atomic E-state index is 12.6. The number of nitro groups is 1. The number of carboxylic acids is 2.